The van der Waals surface area contributed by atoms with E-state index in [2.05, 4.69) is 19.2 Å². The fourth-order valence-corrected chi connectivity index (χ4v) is 5.14. The summed E-state index contributed by atoms with van der Waals surface area (Å²) in [4.78, 5) is 31.1. The van der Waals surface area contributed by atoms with Gasteiger partial charge in [-0.3, -0.25) is 4.79 Å². The monoisotopic (exact) mass is 473 g/mol. The number of carbonyl (C=O) groups is 2. The average molecular weight is 474 g/mol. The van der Waals surface area contributed by atoms with Crippen molar-refractivity contribution in [3.05, 3.63) is 57.5 Å². The van der Waals surface area contributed by atoms with Crippen molar-refractivity contribution in [3.63, 3.8) is 0 Å². The first-order chi connectivity index (χ1) is 15.8. The van der Waals surface area contributed by atoms with Gasteiger partial charge < -0.3 is 15.1 Å². The molecule has 1 aliphatic carbocycles. The molecular weight excluding hydrogens is 437 g/mol. The molecule has 1 fully saturated rings. The molecular formula is C26H36FN3O2S. The smallest absolute Gasteiger partial charge is 0.318 e. The number of rotatable bonds is 9. The van der Waals surface area contributed by atoms with E-state index in [4.69, 9.17) is 0 Å². The van der Waals surface area contributed by atoms with Crippen LogP contribution in [0.2, 0.25) is 0 Å². The highest BCUT2D eigenvalue weighted by Gasteiger charge is 2.25. The van der Waals surface area contributed by atoms with E-state index in [-0.39, 0.29) is 36.3 Å². The number of hydrogen-bond donors (Lipinski definition) is 1. The summed E-state index contributed by atoms with van der Waals surface area (Å²) in [5.74, 6) is -0.153. The van der Waals surface area contributed by atoms with E-state index in [1.54, 1.807) is 33.3 Å². The lowest BCUT2D eigenvalue weighted by Gasteiger charge is -2.31. The van der Waals surface area contributed by atoms with Crippen LogP contribution in [-0.4, -0.2) is 40.9 Å². The van der Waals surface area contributed by atoms with Crippen LogP contribution in [0.3, 0.4) is 0 Å². The van der Waals surface area contributed by atoms with Crippen molar-refractivity contribution in [3.8, 4) is 0 Å². The lowest BCUT2D eigenvalue weighted by molar-refractivity contribution is -0.133. The number of benzene rings is 1. The first-order valence-corrected chi connectivity index (χ1v) is 12.8. The fraction of sp³-hybridized carbons (Fsp3) is 0.538. The maximum absolute atomic E-state index is 13.5. The standard InChI is InChI=1S/C26H36FN3O2S/c1-19(2)15-30(26(32)28-23-7-5-4-6-8-23)18-25(31)29(17-24-20(3)13-14-33-24)16-21-9-11-22(27)12-10-21/h9-14,19,23H,4-8,15-18H2,1-3H3,(H,28,32). The van der Waals surface area contributed by atoms with Gasteiger partial charge in [0.15, 0.2) is 0 Å². The molecule has 3 amide bonds. The van der Waals surface area contributed by atoms with Crippen LogP contribution in [0, 0.1) is 18.7 Å². The summed E-state index contributed by atoms with van der Waals surface area (Å²) in [6.45, 7) is 7.53. The number of nitrogens with zero attached hydrogens (tertiary/aromatic N) is 2. The summed E-state index contributed by atoms with van der Waals surface area (Å²) in [6, 6.07) is 8.33. The third-order valence-corrected chi connectivity index (χ3v) is 7.08. The van der Waals surface area contributed by atoms with E-state index < -0.39 is 0 Å². The van der Waals surface area contributed by atoms with Gasteiger partial charge in [0.2, 0.25) is 5.91 Å². The van der Waals surface area contributed by atoms with Crippen molar-refractivity contribution in [2.24, 2.45) is 5.92 Å². The molecule has 0 spiro atoms. The number of carbonyl (C=O) groups excluding carboxylic acids is 2. The minimum Gasteiger partial charge on any atom is -0.335 e. The third kappa shape index (κ3) is 7.84. The van der Waals surface area contributed by atoms with Gasteiger partial charge in [-0.1, -0.05) is 45.2 Å². The lowest BCUT2D eigenvalue weighted by Crippen LogP contribution is -2.50. The lowest BCUT2D eigenvalue weighted by atomic mass is 9.96. The molecule has 0 unspecified atom stereocenters. The van der Waals surface area contributed by atoms with Crippen molar-refractivity contribution in [1.29, 1.82) is 0 Å². The van der Waals surface area contributed by atoms with Gasteiger partial charge >= 0.3 is 6.03 Å². The predicted molar refractivity (Wildman–Crippen MR) is 132 cm³/mol. The van der Waals surface area contributed by atoms with Crippen molar-refractivity contribution >= 4 is 23.3 Å². The molecule has 1 heterocycles. The Morgan fingerprint density at radius 1 is 1.06 bits per heavy atom. The van der Waals surface area contributed by atoms with Crippen LogP contribution >= 0.6 is 11.3 Å². The zero-order valence-corrected chi connectivity index (χ0v) is 20.8. The van der Waals surface area contributed by atoms with Crippen LogP contribution in [0.5, 0.6) is 0 Å². The Morgan fingerprint density at radius 3 is 2.36 bits per heavy atom. The Bertz CT molecular complexity index is 907. The maximum Gasteiger partial charge on any atom is 0.318 e. The molecule has 0 aliphatic heterocycles. The minimum absolute atomic E-state index is 0.0301. The van der Waals surface area contributed by atoms with E-state index in [9.17, 15) is 14.0 Å². The fourth-order valence-electron chi connectivity index (χ4n) is 4.22. The summed E-state index contributed by atoms with van der Waals surface area (Å²) >= 11 is 1.62. The molecule has 0 saturated heterocycles. The van der Waals surface area contributed by atoms with Gasteiger partial charge in [-0.15, -0.1) is 11.3 Å². The van der Waals surface area contributed by atoms with Gasteiger partial charge in [0.25, 0.3) is 0 Å². The second-order valence-electron chi connectivity index (χ2n) is 9.46. The molecule has 1 N–H and O–H groups in total. The zero-order chi connectivity index (χ0) is 23.8. The third-order valence-electron chi connectivity index (χ3n) is 6.07. The topological polar surface area (TPSA) is 52.7 Å². The summed E-state index contributed by atoms with van der Waals surface area (Å²) in [7, 11) is 0. The Hall–Kier alpha value is -2.41. The van der Waals surface area contributed by atoms with Gasteiger partial charge in [0.05, 0.1) is 6.54 Å². The Kier molecular flexibility index (Phi) is 9.30. The molecule has 1 aromatic carbocycles. The molecule has 33 heavy (non-hydrogen) atoms. The first-order valence-electron chi connectivity index (χ1n) is 11.9. The van der Waals surface area contributed by atoms with Crippen LogP contribution in [0.1, 0.15) is 62.0 Å². The van der Waals surface area contributed by atoms with Crippen molar-refractivity contribution in [2.75, 3.05) is 13.1 Å². The van der Waals surface area contributed by atoms with Crippen LogP contribution in [0.15, 0.2) is 35.7 Å². The quantitative estimate of drug-likeness (QED) is 0.506. The molecule has 0 atom stereocenters. The summed E-state index contributed by atoms with van der Waals surface area (Å²) < 4.78 is 13.4. The summed E-state index contributed by atoms with van der Waals surface area (Å²) in [6.07, 6.45) is 5.51. The SMILES string of the molecule is Cc1ccsc1CN(Cc1ccc(F)cc1)C(=O)CN(CC(C)C)C(=O)NC1CCCCC1. The van der Waals surface area contributed by atoms with Crippen LogP contribution in [-0.2, 0) is 17.9 Å². The van der Waals surface area contributed by atoms with E-state index in [1.807, 2.05) is 18.4 Å². The van der Waals surface area contributed by atoms with E-state index in [0.29, 0.717) is 19.6 Å². The average Bonchev–Trinajstić information content (AvgIpc) is 3.19. The molecule has 180 valence electrons. The van der Waals surface area contributed by atoms with Gasteiger partial charge in [0, 0.05) is 24.0 Å². The number of aryl methyl sites for hydroxylation is 1. The number of hydrogen-bond acceptors (Lipinski definition) is 3. The second-order valence-corrected chi connectivity index (χ2v) is 10.5. The summed E-state index contributed by atoms with van der Waals surface area (Å²) in [5, 5.41) is 5.18. The number of halogens is 1. The van der Waals surface area contributed by atoms with E-state index >= 15 is 0 Å². The number of thiophene rings is 1. The number of urea groups is 1. The molecule has 1 aromatic heterocycles. The maximum atomic E-state index is 13.5. The van der Waals surface area contributed by atoms with Gasteiger partial charge in [-0.05, 0) is 60.4 Å². The van der Waals surface area contributed by atoms with Crippen molar-refractivity contribution < 1.29 is 14.0 Å². The minimum atomic E-state index is -0.298. The Morgan fingerprint density at radius 2 is 1.76 bits per heavy atom. The zero-order valence-electron chi connectivity index (χ0n) is 20.0. The molecule has 0 radical (unpaired) electrons. The molecule has 1 saturated carbocycles. The molecule has 3 rings (SSSR count). The normalized spacial score (nSPS) is 14.3. The highest BCUT2D eigenvalue weighted by Crippen LogP contribution is 2.21. The Labute approximate surface area is 201 Å². The van der Waals surface area contributed by atoms with Crippen LogP contribution in [0.4, 0.5) is 9.18 Å². The molecule has 7 heteroatoms. The van der Waals surface area contributed by atoms with Crippen molar-refractivity contribution in [1.82, 2.24) is 15.1 Å². The van der Waals surface area contributed by atoms with Gasteiger partial charge in [-0.25, -0.2) is 9.18 Å². The predicted octanol–water partition coefficient (Wildman–Crippen LogP) is 5.72. The number of nitrogens with one attached hydrogen (secondary N) is 1. The van der Waals surface area contributed by atoms with Crippen LogP contribution in [0.25, 0.3) is 0 Å². The Balaban J connectivity index is 1.73. The van der Waals surface area contributed by atoms with E-state index in [1.165, 1.54) is 18.6 Å². The first kappa shape index (κ1) is 25.2. The van der Waals surface area contributed by atoms with Gasteiger partial charge in [0.1, 0.15) is 12.4 Å². The van der Waals surface area contributed by atoms with Crippen molar-refractivity contribution in [2.45, 2.75) is 72.0 Å². The largest absolute Gasteiger partial charge is 0.335 e. The van der Waals surface area contributed by atoms with Crippen LogP contribution < -0.4 is 5.32 Å². The molecule has 1 aliphatic rings. The van der Waals surface area contributed by atoms with Gasteiger partial charge in [-0.2, -0.15) is 0 Å². The molecule has 5 nitrogen and oxygen atoms in total. The highest BCUT2D eigenvalue weighted by molar-refractivity contribution is 7.10. The van der Waals surface area contributed by atoms with E-state index in [0.717, 1.165) is 41.7 Å². The highest BCUT2D eigenvalue weighted by atomic mass is 32.1. The summed E-state index contributed by atoms with van der Waals surface area (Å²) in [5.41, 5.74) is 2.01. The molecule has 2 aromatic rings. The number of amides is 3. The molecule has 0 bridgehead atoms. The second kappa shape index (κ2) is 12.2.